The summed E-state index contributed by atoms with van der Waals surface area (Å²) in [5.41, 5.74) is 6.48. The van der Waals surface area contributed by atoms with Crippen LogP contribution >= 0.6 is 11.3 Å². The van der Waals surface area contributed by atoms with E-state index in [0.717, 1.165) is 52.7 Å². The Hall–Kier alpha value is -2.34. The maximum atomic E-state index is 4.95. The molecule has 0 spiro atoms. The van der Waals surface area contributed by atoms with Crippen LogP contribution in [0.15, 0.2) is 23.3 Å². The van der Waals surface area contributed by atoms with Gasteiger partial charge in [0.25, 0.3) is 0 Å². The summed E-state index contributed by atoms with van der Waals surface area (Å²) in [5.74, 6) is 0.813. The molecule has 1 atom stereocenters. The van der Waals surface area contributed by atoms with Crippen LogP contribution in [0.1, 0.15) is 72.6 Å². The fourth-order valence-corrected chi connectivity index (χ4v) is 5.26. The number of aryl methyl sites for hydroxylation is 3. The van der Waals surface area contributed by atoms with E-state index in [9.17, 15) is 0 Å². The maximum absolute atomic E-state index is 4.95. The number of imidazole rings is 1. The Labute approximate surface area is 170 Å². The molecule has 0 amide bonds. The third kappa shape index (κ3) is 3.20. The SMILES string of the molecule is CCC(CC)c1cc(C)nn2c(-c3sc(C4C=CN=CC4)nc3C)c(C)nc12. The van der Waals surface area contributed by atoms with Crippen LogP contribution in [0.5, 0.6) is 0 Å². The van der Waals surface area contributed by atoms with Crippen molar-refractivity contribution in [2.45, 2.75) is 65.7 Å². The molecule has 4 rings (SSSR count). The largest absolute Gasteiger partial charge is 0.269 e. The molecule has 4 heterocycles. The van der Waals surface area contributed by atoms with Crippen molar-refractivity contribution in [3.05, 3.63) is 46.0 Å². The molecular weight excluding hydrogens is 366 g/mol. The molecule has 0 aliphatic carbocycles. The Balaban J connectivity index is 1.88. The van der Waals surface area contributed by atoms with Gasteiger partial charge in [-0.1, -0.05) is 19.9 Å². The molecule has 0 saturated carbocycles. The zero-order valence-corrected chi connectivity index (χ0v) is 18.0. The van der Waals surface area contributed by atoms with E-state index in [-0.39, 0.29) is 0 Å². The normalized spacial score (nSPS) is 16.6. The van der Waals surface area contributed by atoms with E-state index in [1.165, 1.54) is 10.4 Å². The number of aromatic nitrogens is 4. The smallest absolute Gasteiger partial charge is 0.158 e. The number of allylic oxidation sites excluding steroid dienone is 1. The molecule has 5 nitrogen and oxygen atoms in total. The lowest BCUT2D eigenvalue weighted by atomic mass is 9.95. The van der Waals surface area contributed by atoms with Crippen LogP contribution in [0.4, 0.5) is 0 Å². The summed E-state index contributed by atoms with van der Waals surface area (Å²) in [6, 6.07) is 2.21. The number of aliphatic imine (C=N–C) groups is 1. The number of hydrogen-bond acceptors (Lipinski definition) is 5. The van der Waals surface area contributed by atoms with Gasteiger partial charge in [-0.3, -0.25) is 4.99 Å². The molecule has 1 aliphatic rings. The Bertz CT molecular complexity index is 1070. The highest BCUT2D eigenvalue weighted by molar-refractivity contribution is 7.15. The average Bonchev–Trinajstić information content (AvgIpc) is 3.22. The average molecular weight is 394 g/mol. The molecule has 28 heavy (non-hydrogen) atoms. The Kier molecular flexibility index (Phi) is 5.15. The third-order valence-electron chi connectivity index (χ3n) is 5.55. The van der Waals surface area contributed by atoms with Crippen LogP contribution in [-0.2, 0) is 0 Å². The van der Waals surface area contributed by atoms with E-state index < -0.39 is 0 Å². The fraction of sp³-hybridized carbons (Fsp3) is 0.455. The second-order valence-electron chi connectivity index (χ2n) is 7.52. The van der Waals surface area contributed by atoms with Crippen LogP contribution in [0.3, 0.4) is 0 Å². The highest BCUT2D eigenvalue weighted by atomic mass is 32.1. The standard InChI is InChI=1S/C22H27N5S/c1-6-16(7-2)18-12-13(3)26-27-19(14(4)24-21(18)27)20-15(5)25-22(28-20)17-8-10-23-11-9-17/h8,10-12,16-17H,6-7,9H2,1-5H3. The highest BCUT2D eigenvalue weighted by Crippen LogP contribution is 2.38. The van der Waals surface area contributed by atoms with Crippen LogP contribution in [-0.4, -0.2) is 25.8 Å². The van der Waals surface area contributed by atoms with Crippen LogP contribution in [0, 0.1) is 20.8 Å². The summed E-state index contributed by atoms with van der Waals surface area (Å²) >= 11 is 1.76. The van der Waals surface area contributed by atoms with Crippen molar-refractivity contribution in [2.75, 3.05) is 0 Å². The second kappa shape index (κ2) is 7.59. The molecule has 3 aromatic heterocycles. The van der Waals surface area contributed by atoms with E-state index in [1.807, 2.05) is 12.4 Å². The molecule has 1 unspecified atom stereocenters. The topological polar surface area (TPSA) is 55.4 Å². The summed E-state index contributed by atoms with van der Waals surface area (Å²) in [6.45, 7) is 10.7. The minimum Gasteiger partial charge on any atom is -0.269 e. The van der Waals surface area contributed by atoms with Crippen LogP contribution in [0.2, 0.25) is 0 Å². The van der Waals surface area contributed by atoms with Gasteiger partial charge in [-0.15, -0.1) is 11.3 Å². The first-order valence-corrected chi connectivity index (χ1v) is 10.9. The van der Waals surface area contributed by atoms with Gasteiger partial charge < -0.3 is 0 Å². The summed E-state index contributed by atoms with van der Waals surface area (Å²) in [5, 5.41) is 5.98. The molecular formula is C22H27N5S. The summed E-state index contributed by atoms with van der Waals surface area (Å²) < 4.78 is 2.06. The van der Waals surface area contributed by atoms with Crippen molar-refractivity contribution < 1.29 is 0 Å². The summed E-state index contributed by atoms with van der Waals surface area (Å²) in [7, 11) is 0. The number of hydrogen-bond donors (Lipinski definition) is 0. The predicted molar refractivity (Wildman–Crippen MR) is 117 cm³/mol. The fourth-order valence-electron chi connectivity index (χ4n) is 4.01. The molecule has 0 N–H and O–H groups in total. The summed E-state index contributed by atoms with van der Waals surface area (Å²) in [4.78, 5) is 15.2. The van der Waals surface area contributed by atoms with Gasteiger partial charge in [0, 0.05) is 23.9 Å². The highest BCUT2D eigenvalue weighted by Gasteiger charge is 2.24. The lowest BCUT2D eigenvalue weighted by Gasteiger charge is -2.14. The van der Waals surface area contributed by atoms with E-state index in [2.05, 4.69) is 56.3 Å². The number of thiazole rings is 1. The van der Waals surface area contributed by atoms with Crippen molar-refractivity contribution in [2.24, 2.45) is 4.99 Å². The zero-order chi connectivity index (χ0) is 19.8. The molecule has 0 radical (unpaired) electrons. The second-order valence-corrected chi connectivity index (χ2v) is 8.55. The molecule has 146 valence electrons. The Morgan fingerprint density at radius 2 is 1.93 bits per heavy atom. The zero-order valence-electron chi connectivity index (χ0n) is 17.2. The molecule has 3 aromatic rings. The van der Waals surface area contributed by atoms with Crippen molar-refractivity contribution in [3.63, 3.8) is 0 Å². The Morgan fingerprint density at radius 3 is 2.61 bits per heavy atom. The molecule has 1 aliphatic heterocycles. The first kappa shape index (κ1) is 19.0. The van der Waals surface area contributed by atoms with Crippen molar-refractivity contribution in [3.8, 4) is 10.6 Å². The van der Waals surface area contributed by atoms with Crippen molar-refractivity contribution in [1.29, 1.82) is 0 Å². The van der Waals surface area contributed by atoms with Gasteiger partial charge in [0.15, 0.2) is 5.65 Å². The first-order valence-electron chi connectivity index (χ1n) is 10.1. The third-order valence-corrected chi connectivity index (χ3v) is 6.85. The molecule has 0 aromatic carbocycles. The number of nitrogens with zero attached hydrogens (tertiary/aromatic N) is 5. The monoisotopic (exact) mass is 393 g/mol. The lowest BCUT2D eigenvalue weighted by Crippen LogP contribution is -2.05. The Morgan fingerprint density at radius 1 is 1.14 bits per heavy atom. The van der Waals surface area contributed by atoms with Gasteiger partial charge in [-0.25, -0.2) is 14.5 Å². The van der Waals surface area contributed by atoms with E-state index >= 15 is 0 Å². The van der Waals surface area contributed by atoms with Crippen LogP contribution in [0.25, 0.3) is 16.2 Å². The van der Waals surface area contributed by atoms with Crippen molar-refractivity contribution in [1.82, 2.24) is 19.6 Å². The minimum absolute atomic E-state index is 0.310. The van der Waals surface area contributed by atoms with E-state index in [4.69, 9.17) is 15.1 Å². The minimum atomic E-state index is 0.310. The lowest BCUT2D eigenvalue weighted by molar-refractivity contribution is 0.638. The molecule has 0 bridgehead atoms. The van der Waals surface area contributed by atoms with E-state index in [1.54, 1.807) is 11.3 Å². The number of fused-ring (bicyclic) bond motifs is 1. The maximum Gasteiger partial charge on any atom is 0.158 e. The van der Waals surface area contributed by atoms with Crippen LogP contribution < -0.4 is 0 Å². The van der Waals surface area contributed by atoms with Gasteiger partial charge in [0.1, 0.15) is 10.7 Å². The molecule has 6 heteroatoms. The number of rotatable bonds is 5. The van der Waals surface area contributed by atoms with E-state index in [0.29, 0.717) is 11.8 Å². The summed E-state index contributed by atoms with van der Waals surface area (Å²) in [6.07, 6.45) is 9.10. The van der Waals surface area contributed by atoms with Gasteiger partial charge in [-0.05, 0) is 52.0 Å². The predicted octanol–water partition coefficient (Wildman–Crippen LogP) is 5.75. The van der Waals surface area contributed by atoms with Gasteiger partial charge in [-0.2, -0.15) is 5.10 Å². The van der Waals surface area contributed by atoms with Crippen molar-refractivity contribution >= 4 is 23.2 Å². The molecule has 0 saturated heterocycles. The van der Waals surface area contributed by atoms with Gasteiger partial charge in [0.2, 0.25) is 0 Å². The molecule has 0 fully saturated rings. The van der Waals surface area contributed by atoms with Gasteiger partial charge in [0.05, 0.1) is 22.0 Å². The first-order chi connectivity index (χ1) is 13.5. The van der Waals surface area contributed by atoms with Gasteiger partial charge >= 0.3 is 0 Å². The quantitative estimate of drug-likeness (QED) is 0.554.